The van der Waals surface area contributed by atoms with Crippen LogP contribution in [0.3, 0.4) is 0 Å². The fourth-order valence-corrected chi connectivity index (χ4v) is 1.88. The minimum absolute atomic E-state index is 0.00502. The highest BCUT2D eigenvalue weighted by Gasteiger charge is 2.13. The number of rotatable bonds is 2. The van der Waals surface area contributed by atoms with Gasteiger partial charge in [0.25, 0.3) is 5.91 Å². The fraction of sp³-hybridized carbons (Fsp3) is 0. The van der Waals surface area contributed by atoms with Crippen LogP contribution in [0.2, 0.25) is 0 Å². The van der Waals surface area contributed by atoms with Crippen LogP contribution in [0.1, 0.15) is 10.4 Å². The molecule has 0 aliphatic rings. The average Bonchev–Trinajstić information content (AvgIpc) is 2.83. The maximum atomic E-state index is 13.5. The molecule has 4 nitrogen and oxygen atoms in total. The molecular weight excluding hydrogens is 245 g/mol. The van der Waals surface area contributed by atoms with Crippen molar-refractivity contribution < 1.29 is 9.18 Å². The molecule has 1 heterocycles. The fourth-order valence-electron chi connectivity index (χ4n) is 1.88. The van der Waals surface area contributed by atoms with Crippen molar-refractivity contribution in [3.8, 4) is 0 Å². The molecular formula is C14H10FN3O. The molecule has 3 rings (SSSR count). The Morgan fingerprint density at radius 2 is 1.84 bits per heavy atom. The molecule has 0 atom stereocenters. The summed E-state index contributed by atoms with van der Waals surface area (Å²) in [5, 5.41) is 10.2. The zero-order valence-corrected chi connectivity index (χ0v) is 9.85. The first kappa shape index (κ1) is 11.4. The van der Waals surface area contributed by atoms with Crippen LogP contribution in [0.4, 0.5) is 10.2 Å². The lowest BCUT2D eigenvalue weighted by Crippen LogP contribution is -2.14. The number of hydrogen-bond acceptors (Lipinski definition) is 2. The van der Waals surface area contributed by atoms with Gasteiger partial charge in [-0.1, -0.05) is 24.3 Å². The van der Waals surface area contributed by atoms with Gasteiger partial charge in [-0.2, -0.15) is 5.10 Å². The van der Waals surface area contributed by atoms with E-state index >= 15 is 0 Å². The van der Waals surface area contributed by atoms with Crippen molar-refractivity contribution in [3.05, 3.63) is 59.9 Å². The number of H-pyrrole nitrogens is 1. The average molecular weight is 255 g/mol. The van der Waals surface area contributed by atoms with Crippen molar-refractivity contribution in [3.63, 3.8) is 0 Å². The molecule has 0 radical (unpaired) electrons. The SMILES string of the molecule is O=C(Nc1n[nH]c2ccccc12)c1ccccc1F. The highest BCUT2D eigenvalue weighted by atomic mass is 19.1. The molecule has 3 aromatic rings. The number of carbonyl (C=O) groups is 1. The monoisotopic (exact) mass is 255 g/mol. The Morgan fingerprint density at radius 3 is 2.68 bits per heavy atom. The minimum atomic E-state index is -0.556. The molecule has 1 amide bonds. The highest BCUT2D eigenvalue weighted by molar-refractivity contribution is 6.07. The number of nitrogens with zero attached hydrogens (tertiary/aromatic N) is 1. The quantitative estimate of drug-likeness (QED) is 0.739. The van der Waals surface area contributed by atoms with Crippen LogP contribution < -0.4 is 5.32 Å². The van der Waals surface area contributed by atoms with Crippen LogP contribution in [0.25, 0.3) is 10.9 Å². The maximum Gasteiger partial charge on any atom is 0.259 e. The van der Waals surface area contributed by atoms with E-state index in [0.29, 0.717) is 5.82 Å². The number of fused-ring (bicyclic) bond motifs is 1. The lowest BCUT2D eigenvalue weighted by atomic mass is 10.2. The number of anilines is 1. The van der Waals surface area contributed by atoms with Crippen LogP contribution in [0.15, 0.2) is 48.5 Å². The van der Waals surface area contributed by atoms with E-state index in [4.69, 9.17) is 0 Å². The van der Waals surface area contributed by atoms with Crippen molar-refractivity contribution in [1.82, 2.24) is 10.2 Å². The predicted molar refractivity (Wildman–Crippen MR) is 70.4 cm³/mol. The van der Waals surface area contributed by atoms with E-state index < -0.39 is 11.7 Å². The van der Waals surface area contributed by atoms with Crippen LogP contribution in [0, 0.1) is 5.82 Å². The van der Waals surface area contributed by atoms with Gasteiger partial charge in [-0.25, -0.2) is 4.39 Å². The molecule has 0 bridgehead atoms. The number of amides is 1. The third-order valence-corrected chi connectivity index (χ3v) is 2.82. The first-order valence-electron chi connectivity index (χ1n) is 5.75. The van der Waals surface area contributed by atoms with Gasteiger partial charge in [-0.3, -0.25) is 9.89 Å². The van der Waals surface area contributed by atoms with Crippen LogP contribution in [-0.4, -0.2) is 16.1 Å². The summed E-state index contributed by atoms with van der Waals surface area (Å²) >= 11 is 0. The number of aromatic nitrogens is 2. The van der Waals surface area contributed by atoms with Crippen molar-refractivity contribution >= 4 is 22.6 Å². The number of aromatic amines is 1. The predicted octanol–water partition coefficient (Wildman–Crippen LogP) is 2.95. The van der Waals surface area contributed by atoms with E-state index in [1.807, 2.05) is 24.3 Å². The molecule has 2 N–H and O–H groups in total. The Kier molecular flexibility index (Phi) is 2.72. The highest BCUT2D eigenvalue weighted by Crippen LogP contribution is 2.20. The molecule has 2 aromatic carbocycles. The van der Waals surface area contributed by atoms with E-state index in [0.717, 1.165) is 10.9 Å². The second-order valence-corrected chi connectivity index (χ2v) is 4.05. The molecule has 0 aliphatic carbocycles. The Morgan fingerprint density at radius 1 is 1.11 bits per heavy atom. The largest absolute Gasteiger partial charge is 0.304 e. The third-order valence-electron chi connectivity index (χ3n) is 2.82. The second-order valence-electron chi connectivity index (χ2n) is 4.05. The molecule has 0 fully saturated rings. The number of para-hydroxylation sites is 1. The lowest BCUT2D eigenvalue weighted by Gasteiger charge is -2.03. The number of carbonyl (C=O) groups excluding carboxylic acids is 1. The van der Waals surface area contributed by atoms with Gasteiger partial charge in [0.05, 0.1) is 11.1 Å². The van der Waals surface area contributed by atoms with E-state index in [1.54, 1.807) is 6.07 Å². The second kappa shape index (κ2) is 4.53. The molecule has 0 saturated heterocycles. The Bertz CT molecular complexity index is 751. The summed E-state index contributed by atoms with van der Waals surface area (Å²) in [5.74, 6) is -0.681. The van der Waals surface area contributed by atoms with Gasteiger partial charge in [0.15, 0.2) is 5.82 Å². The van der Waals surface area contributed by atoms with Crippen molar-refractivity contribution in [2.45, 2.75) is 0 Å². The third kappa shape index (κ3) is 2.06. The number of hydrogen-bond donors (Lipinski definition) is 2. The molecule has 0 aliphatic heterocycles. The van der Waals surface area contributed by atoms with Crippen LogP contribution >= 0.6 is 0 Å². The van der Waals surface area contributed by atoms with Gasteiger partial charge >= 0.3 is 0 Å². The van der Waals surface area contributed by atoms with E-state index in [2.05, 4.69) is 15.5 Å². The molecule has 0 saturated carbocycles. The minimum Gasteiger partial charge on any atom is -0.304 e. The standard InChI is InChI=1S/C14H10FN3O/c15-11-7-3-1-5-9(11)14(19)16-13-10-6-2-4-8-12(10)17-18-13/h1-8H,(H2,16,17,18,19). The van der Waals surface area contributed by atoms with E-state index in [1.165, 1.54) is 18.2 Å². The number of nitrogens with one attached hydrogen (secondary N) is 2. The topological polar surface area (TPSA) is 57.8 Å². The summed E-state index contributed by atoms with van der Waals surface area (Å²) < 4.78 is 13.5. The summed E-state index contributed by atoms with van der Waals surface area (Å²) in [6.07, 6.45) is 0. The Balaban J connectivity index is 1.94. The Hall–Kier alpha value is -2.69. The first-order chi connectivity index (χ1) is 9.25. The van der Waals surface area contributed by atoms with Gasteiger partial charge in [-0.05, 0) is 24.3 Å². The normalized spacial score (nSPS) is 10.6. The van der Waals surface area contributed by atoms with Gasteiger partial charge in [0, 0.05) is 5.39 Å². The molecule has 0 spiro atoms. The molecule has 19 heavy (non-hydrogen) atoms. The van der Waals surface area contributed by atoms with Crippen LogP contribution in [-0.2, 0) is 0 Å². The molecule has 5 heteroatoms. The molecule has 0 unspecified atom stereocenters. The van der Waals surface area contributed by atoms with Crippen molar-refractivity contribution in [2.24, 2.45) is 0 Å². The summed E-state index contributed by atoms with van der Waals surface area (Å²) in [7, 11) is 0. The van der Waals surface area contributed by atoms with E-state index in [9.17, 15) is 9.18 Å². The summed E-state index contributed by atoms with van der Waals surface area (Å²) in [6.45, 7) is 0. The summed E-state index contributed by atoms with van der Waals surface area (Å²) in [4.78, 5) is 12.0. The maximum absolute atomic E-state index is 13.5. The zero-order chi connectivity index (χ0) is 13.2. The van der Waals surface area contributed by atoms with E-state index in [-0.39, 0.29) is 5.56 Å². The zero-order valence-electron chi connectivity index (χ0n) is 9.85. The summed E-state index contributed by atoms with van der Waals surface area (Å²) in [5.41, 5.74) is 0.806. The van der Waals surface area contributed by atoms with Gasteiger partial charge in [0.1, 0.15) is 5.82 Å². The smallest absolute Gasteiger partial charge is 0.259 e. The van der Waals surface area contributed by atoms with Gasteiger partial charge in [0.2, 0.25) is 0 Å². The lowest BCUT2D eigenvalue weighted by molar-refractivity contribution is 0.102. The first-order valence-corrected chi connectivity index (χ1v) is 5.75. The van der Waals surface area contributed by atoms with Crippen molar-refractivity contribution in [1.29, 1.82) is 0 Å². The molecule has 1 aromatic heterocycles. The number of benzene rings is 2. The molecule has 94 valence electrons. The van der Waals surface area contributed by atoms with Gasteiger partial charge < -0.3 is 5.32 Å². The van der Waals surface area contributed by atoms with Gasteiger partial charge in [-0.15, -0.1) is 0 Å². The van der Waals surface area contributed by atoms with Crippen molar-refractivity contribution in [2.75, 3.05) is 5.32 Å². The number of halogens is 1. The summed E-state index contributed by atoms with van der Waals surface area (Å²) in [6, 6.07) is 13.2. The van der Waals surface area contributed by atoms with Crippen LogP contribution in [0.5, 0.6) is 0 Å². The Labute approximate surface area is 108 Å².